The lowest BCUT2D eigenvalue weighted by Crippen LogP contribution is -2.22. The summed E-state index contributed by atoms with van der Waals surface area (Å²) in [5.41, 5.74) is 1.07. The van der Waals surface area contributed by atoms with E-state index in [1.807, 2.05) is 30.5 Å². The second kappa shape index (κ2) is 7.31. The van der Waals surface area contributed by atoms with Crippen molar-refractivity contribution in [3.8, 4) is 11.5 Å². The minimum absolute atomic E-state index is 0.432. The summed E-state index contributed by atoms with van der Waals surface area (Å²) in [5, 5.41) is 3.39. The molecular formula is C16H20N2OS. The van der Waals surface area contributed by atoms with Crippen molar-refractivity contribution in [3.05, 3.63) is 48.3 Å². The third kappa shape index (κ3) is 3.99. The van der Waals surface area contributed by atoms with Gasteiger partial charge in [-0.15, -0.1) is 11.8 Å². The van der Waals surface area contributed by atoms with Crippen LogP contribution < -0.4 is 10.1 Å². The zero-order valence-electron chi connectivity index (χ0n) is 12.1. The molecule has 2 aromatic rings. The van der Waals surface area contributed by atoms with Gasteiger partial charge in [0.15, 0.2) is 0 Å². The summed E-state index contributed by atoms with van der Waals surface area (Å²) < 4.78 is 6.06. The van der Waals surface area contributed by atoms with Crippen molar-refractivity contribution in [1.82, 2.24) is 10.3 Å². The Kier molecular flexibility index (Phi) is 5.44. The minimum atomic E-state index is 0.432. The molecule has 1 heterocycles. The average Bonchev–Trinajstić information content (AvgIpc) is 2.47. The predicted molar refractivity (Wildman–Crippen MR) is 84.5 cm³/mol. The Bertz CT molecular complexity index is 558. The topological polar surface area (TPSA) is 34.1 Å². The molecule has 0 unspecified atom stereocenters. The molecule has 2 rings (SSSR count). The van der Waals surface area contributed by atoms with Crippen molar-refractivity contribution in [2.24, 2.45) is 0 Å². The van der Waals surface area contributed by atoms with E-state index in [9.17, 15) is 0 Å². The molecule has 0 aliphatic heterocycles. The van der Waals surface area contributed by atoms with Gasteiger partial charge in [-0.25, -0.2) is 0 Å². The zero-order valence-corrected chi connectivity index (χ0v) is 12.9. The Hall–Kier alpha value is -1.52. The monoisotopic (exact) mass is 288 g/mol. The molecule has 0 saturated carbocycles. The van der Waals surface area contributed by atoms with Crippen LogP contribution >= 0.6 is 11.8 Å². The average molecular weight is 288 g/mol. The van der Waals surface area contributed by atoms with Gasteiger partial charge in [-0.05, 0) is 24.5 Å². The number of hydrogen-bond donors (Lipinski definition) is 1. The smallest absolute Gasteiger partial charge is 0.140 e. The standard InChI is InChI=1S/C16H20N2OS/c1-12(2)18-11-13-10-17-9-8-14(13)19-15-6-4-5-7-16(15)20-3/h4-10,12,18H,11H2,1-3H3. The Labute approximate surface area is 124 Å². The number of nitrogens with one attached hydrogen (secondary N) is 1. The van der Waals surface area contributed by atoms with E-state index in [0.717, 1.165) is 28.5 Å². The number of thioether (sulfide) groups is 1. The normalized spacial score (nSPS) is 10.8. The molecule has 1 aromatic carbocycles. The second-order valence-corrected chi connectivity index (χ2v) is 5.62. The van der Waals surface area contributed by atoms with Gasteiger partial charge in [-0.1, -0.05) is 26.0 Å². The van der Waals surface area contributed by atoms with E-state index in [4.69, 9.17) is 4.74 Å². The first-order valence-electron chi connectivity index (χ1n) is 6.68. The Morgan fingerprint density at radius 3 is 2.75 bits per heavy atom. The molecular weight excluding hydrogens is 268 g/mol. The maximum Gasteiger partial charge on any atom is 0.140 e. The number of hydrogen-bond acceptors (Lipinski definition) is 4. The number of para-hydroxylation sites is 1. The van der Waals surface area contributed by atoms with Crippen LogP contribution in [0.1, 0.15) is 19.4 Å². The minimum Gasteiger partial charge on any atom is -0.456 e. The number of nitrogens with zero attached hydrogens (tertiary/aromatic N) is 1. The molecule has 0 saturated heterocycles. The van der Waals surface area contributed by atoms with Crippen LogP contribution in [0.5, 0.6) is 11.5 Å². The zero-order chi connectivity index (χ0) is 14.4. The Balaban J connectivity index is 2.20. The van der Waals surface area contributed by atoms with Gasteiger partial charge in [0.1, 0.15) is 11.5 Å². The Morgan fingerprint density at radius 1 is 1.20 bits per heavy atom. The molecule has 1 aromatic heterocycles. The summed E-state index contributed by atoms with van der Waals surface area (Å²) in [6.07, 6.45) is 5.66. The fourth-order valence-electron chi connectivity index (χ4n) is 1.78. The predicted octanol–water partition coefficient (Wildman–Crippen LogP) is 4.09. The number of benzene rings is 1. The first-order valence-corrected chi connectivity index (χ1v) is 7.90. The van der Waals surface area contributed by atoms with Gasteiger partial charge >= 0.3 is 0 Å². The lowest BCUT2D eigenvalue weighted by atomic mass is 10.2. The second-order valence-electron chi connectivity index (χ2n) is 4.77. The molecule has 106 valence electrons. The van der Waals surface area contributed by atoms with Crippen molar-refractivity contribution < 1.29 is 4.74 Å². The van der Waals surface area contributed by atoms with E-state index in [0.29, 0.717) is 6.04 Å². The van der Waals surface area contributed by atoms with Crippen LogP contribution in [0.4, 0.5) is 0 Å². The van der Waals surface area contributed by atoms with Gasteiger partial charge in [-0.2, -0.15) is 0 Å². The fourth-order valence-corrected chi connectivity index (χ4v) is 2.31. The molecule has 20 heavy (non-hydrogen) atoms. The van der Waals surface area contributed by atoms with E-state index < -0.39 is 0 Å². The number of ether oxygens (including phenoxy) is 1. The number of rotatable bonds is 6. The quantitative estimate of drug-likeness (QED) is 0.812. The maximum atomic E-state index is 6.06. The highest BCUT2D eigenvalue weighted by Crippen LogP contribution is 2.32. The SMILES string of the molecule is CSc1ccccc1Oc1ccncc1CNC(C)C. The summed E-state index contributed by atoms with van der Waals surface area (Å²) in [7, 11) is 0. The molecule has 3 nitrogen and oxygen atoms in total. The largest absolute Gasteiger partial charge is 0.456 e. The number of pyridine rings is 1. The molecule has 0 aliphatic rings. The highest BCUT2D eigenvalue weighted by molar-refractivity contribution is 7.98. The van der Waals surface area contributed by atoms with Crippen molar-refractivity contribution in [3.63, 3.8) is 0 Å². The molecule has 0 atom stereocenters. The summed E-state index contributed by atoms with van der Waals surface area (Å²) in [5.74, 6) is 1.74. The first kappa shape index (κ1) is 14.9. The van der Waals surface area contributed by atoms with Gasteiger partial charge in [0, 0.05) is 35.4 Å². The third-order valence-corrected chi connectivity index (χ3v) is 3.63. The lowest BCUT2D eigenvalue weighted by molar-refractivity contribution is 0.458. The molecule has 0 fully saturated rings. The molecule has 0 aliphatic carbocycles. The van der Waals surface area contributed by atoms with Crippen molar-refractivity contribution in [2.75, 3.05) is 6.26 Å². The summed E-state index contributed by atoms with van der Waals surface area (Å²) >= 11 is 1.68. The summed E-state index contributed by atoms with van der Waals surface area (Å²) in [4.78, 5) is 5.31. The fraction of sp³-hybridized carbons (Fsp3) is 0.312. The van der Waals surface area contributed by atoms with Crippen molar-refractivity contribution >= 4 is 11.8 Å². The highest BCUT2D eigenvalue weighted by Gasteiger charge is 2.08. The summed E-state index contributed by atoms with van der Waals surface area (Å²) in [6.45, 7) is 5.00. The van der Waals surface area contributed by atoms with Gasteiger partial charge in [0.05, 0.1) is 0 Å². The van der Waals surface area contributed by atoms with Crippen molar-refractivity contribution in [1.29, 1.82) is 0 Å². The van der Waals surface area contributed by atoms with E-state index in [1.54, 1.807) is 18.0 Å². The van der Waals surface area contributed by atoms with Crippen LogP contribution in [0.15, 0.2) is 47.6 Å². The maximum absolute atomic E-state index is 6.06. The van der Waals surface area contributed by atoms with Crippen LogP contribution in [-0.2, 0) is 6.54 Å². The Morgan fingerprint density at radius 2 is 2.00 bits per heavy atom. The van der Waals surface area contributed by atoms with Crippen LogP contribution in [0, 0.1) is 0 Å². The van der Waals surface area contributed by atoms with Gasteiger partial charge in [-0.3, -0.25) is 4.98 Å². The van der Waals surface area contributed by atoms with Gasteiger partial charge in [0.2, 0.25) is 0 Å². The van der Waals surface area contributed by atoms with E-state index in [1.165, 1.54) is 0 Å². The molecule has 1 N–H and O–H groups in total. The first-order chi connectivity index (χ1) is 9.70. The highest BCUT2D eigenvalue weighted by atomic mass is 32.2. The molecule has 0 radical (unpaired) electrons. The van der Waals surface area contributed by atoms with E-state index >= 15 is 0 Å². The lowest BCUT2D eigenvalue weighted by Gasteiger charge is -2.14. The molecule has 0 bridgehead atoms. The van der Waals surface area contributed by atoms with Crippen LogP contribution in [0.3, 0.4) is 0 Å². The van der Waals surface area contributed by atoms with Gasteiger partial charge in [0.25, 0.3) is 0 Å². The summed E-state index contributed by atoms with van der Waals surface area (Å²) in [6, 6.07) is 10.4. The van der Waals surface area contributed by atoms with Gasteiger partial charge < -0.3 is 10.1 Å². The third-order valence-electron chi connectivity index (χ3n) is 2.85. The van der Waals surface area contributed by atoms with E-state index in [-0.39, 0.29) is 0 Å². The van der Waals surface area contributed by atoms with Crippen molar-refractivity contribution in [2.45, 2.75) is 31.3 Å². The van der Waals surface area contributed by atoms with Crippen LogP contribution in [0.2, 0.25) is 0 Å². The molecule has 4 heteroatoms. The molecule has 0 amide bonds. The van der Waals surface area contributed by atoms with E-state index in [2.05, 4.69) is 36.5 Å². The number of aromatic nitrogens is 1. The molecule has 0 spiro atoms. The van der Waals surface area contributed by atoms with Crippen LogP contribution in [-0.4, -0.2) is 17.3 Å². The van der Waals surface area contributed by atoms with Crippen LogP contribution in [0.25, 0.3) is 0 Å².